The summed E-state index contributed by atoms with van der Waals surface area (Å²) in [7, 11) is 0. The number of nitrogens with one attached hydrogen (secondary N) is 1. The van der Waals surface area contributed by atoms with Crippen molar-refractivity contribution in [3.8, 4) is 11.5 Å². The van der Waals surface area contributed by atoms with E-state index in [1.54, 1.807) is 0 Å². The minimum absolute atomic E-state index is 0.105. The van der Waals surface area contributed by atoms with Gasteiger partial charge in [0.1, 0.15) is 0 Å². The van der Waals surface area contributed by atoms with Crippen LogP contribution in [0.15, 0.2) is 34.8 Å². The average molecular weight is 418 g/mol. The Labute approximate surface area is 162 Å². The lowest BCUT2D eigenvalue weighted by atomic mass is 9.77. The molecule has 0 aliphatic carbocycles. The fraction of sp³-hybridized carbons (Fsp3) is 0.429. The normalized spacial score (nSPS) is 24.3. The molecule has 2 aromatic rings. The molecule has 0 saturated carbocycles. The molecular weight excluding hydrogens is 394 g/mol. The molecule has 4 nitrogen and oxygen atoms in total. The molecule has 0 radical (unpaired) electrons. The average Bonchev–Trinajstić information content (AvgIpc) is 2.65. The topological polar surface area (TPSA) is 50.7 Å². The van der Waals surface area contributed by atoms with Gasteiger partial charge in [0, 0.05) is 23.8 Å². The van der Waals surface area contributed by atoms with E-state index < -0.39 is 0 Å². The highest BCUT2D eigenvalue weighted by Crippen LogP contribution is 2.50. The van der Waals surface area contributed by atoms with Crippen LogP contribution in [0.4, 0.5) is 5.69 Å². The predicted molar refractivity (Wildman–Crippen MR) is 106 cm³/mol. The summed E-state index contributed by atoms with van der Waals surface area (Å²) >= 11 is 3.47. The third-order valence-corrected chi connectivity index (χ3v) is 5.94. The zero-order valence-electron chi connectivity index (χ0n) is 15.1. The van der Waals surface area contributed by atoms with Gasteiger partial charge in [0.2, 0.25) is 0 Å². The second kappa shape index (κ2) is 7.12. The zero-order valence-corrected chi connectivity index (χ0v) is 16.7. The van der Waals surface area contributed by atoms with Crippen LogP contribution in [0.3, 0.4) is 0 Å². The van der Waals surface area contributed by atoms with E-state index in [9.17, 15) is 5.11 Å². The Kier molecular flexibility index (Phi) is 4.84. The Morgan fingerprint density at radius 2 is 2.15 bits per heavy atom. The van der Waals surface area contributed by atoms with Gasteiger partial charge in [0.05, 0.1) is 23.2 Å². The number of ether oxygens (including phenoxy) is 2. The maximum absolute atomic E-state index is 10.3. The minimum atomic E-state index is 0.105. The molecule has 0 aromatic heterocycles. The summed E-state index contributed by atoms with van der Waals surface area (Å²) in [6, 6.07) is 10.6. The van der Waals surface area contributed by atoms with Gasteiger partial charge in [-0.3, -0.25) is 0 Å². The van der Waals surface area contributed by atoms with Crippen molar-refractivity contribution in [2.75, 3.05) is 18.5 Å². The highest BCUT2D eigenvalue weighted by atomic mass is 79.9. The molecule has 0 amide bonds. The third-order valence-electron chi connectivity index (χ3n) is 5.33. The fourth-order valence-corrected chi connectivity index (χ4v) is 4.62. The van der Waals surface area contributed by atoms with Crippen LogP contribution in [-0.4, -0.2) is 18.3 Å². The molecule has 2 aromatic carbocycles. The summed E-state index contributed by atoms with van der Waals surface area (Å²) in [5, 5.41) is 14.0. The first kappa shape index (κ1) is 17.7. The van der Waals surface area contributed by atoms with Gasteiger partial charge in [-0.05, 0) is 66.4 Å². The number of phenols is 1. The van der Waals surface area contributed by atoms with Crippen molar-refractivity contribution in [2.24, 2.45) is 5.92 Å². The van der Waals surface area contributed by atoms with Gasteiger partial charge < -0.3 is 19.9 Å². The van der Waals surface area contributed by atoms with Gasteiger partial charge in [-0.25, -0.2) is 0 Å². The maximum atomic E-state index is 10.3. The van der Waals surface area contributed by atoms with Gasteiger partial charge in [0.25, 0.3) is 0 Å². The van der Waals surface area contributed by atoms with E-state index in [2.05, 4.69) is 46.4 Å². The van der Waals surface area contributed by atoms with E-state index >= 15 is 0 Å². The number of hydrogen-bond donors (Lipinski definition) is 2. The van der Waals surface area contributed by atoms with Crippen LogP contribution in [0.25, 0.3) is 0 Å². The van der Waals surface area contributed by atoms with Crippen molar-refractivity contribution in [1.29, 1.82) is 0 Å². The smallest absolute Gasteiger partial charge is 0.172 e. The second-order valence-electron chi connectivity index (χ2n) is 7.09. The summed E-state index contributed by atoms with van der Waals surface area (Å²) < 4.78 is 12.5. The number of fused-ring (bicyclic) bond motifs is 3. The molecule has 2 heterocycles. The summed E-state index contributed by atoms with van der Waals surface area (Å²) in [6.07, 6.45) is 2.28. The Morgan fingerprint density at radius 3 is 2.96 bits per heavy atom. The van der Waals surface area contributed by atoms with E-state index in [4.69, 9.17) is 9.47 Å². The lowest BCUT2D eigenvalue weighted by Crippen LogP contribution is -2.36. The lowest BCUT2D eigenvalue weighted by molar-refractivity contribution is -0.0381. The molecule has 5 heteroatoms. The van der Waals surface area contributed by atoms with Crippen molar-refractivity contribution in [2.45, 2.75) is 38.8 Å². The van der Waals surface area contributed by atoms with E-state index in [0.29, 0.717) is 22.7 Å². The van der Waals surface area contributed by atoms with Crippen molar-refractivity contribution in [1.82, 2.24) is 0 Å². The monoisotopic (exact) mass is 417 g/mol. The second-order valence-corrected chi connectivity index (χ2v) is 7.95. The molecule has 2 aliphatic rings. The number of aromatic hydroxyl groups is 1. The predicted octanol–water partition coefficient (Wildman–Crippen LogP) is 5.50. The Bertz CT molecular complexity index is 823. The molecule has 138 valence electrons. The molecule has 1 fully saturated rings. The molecule has 26 heavy (non-hydrogen) atoms. The fourth-order valence-electron chi connectivity index (χ4n) is 4.16. The van der Waals surface area contributed by atoms with Gasteiger partial charge in [-0.15, -0.1) is 0 Å². The lowest BCUT2D eigenvalue weighted by Gasteiger charge is -2.43. The summed E-state index contributed by atoms with van der Waals surface area (Å²) in [5.74, 6) is 1.02. The molecule has 0 bridgehead atoms. The number of hydrogen-bond acceptors (Lipinski definition) is 4. The number of benzene rings is 2. The van der Waals surface area contributed by atoms with E-state index in [1.807, 2.05) is 19.1 Å². The molecule has 0 spiro atoms. The van der Waals surface area contributed by atoms with Crippen LogP contribution < -0.4 is 10.1 Å². The number of rotatable bonds is 3. The molecule has 4 rings (SSSR count). The Balaban J connectivity index is 1.78. The van der Waals surface area contributed by atoms with Crippen molar-refractivity contribution >= 4 is 21.6 Å². The van der Waals surface area contributed by atoms with Crippen LogP contribution in [0.5, 0.6) is 11.5 Å². The van der Waals surface area contributed by atoms with Crippen molar-refractivity contribution < 1.29 is 14.6 Å². The first-order chi connectivity index (χ1) is 12.6. The van der Waals surface area contributed by atoms with Crippen LogP contribution in [0.1, 0.15) is 48.6 Å². The first-order valence-electron chi connectivity index (χ1n) is 9.22. The molecule has 2 aliphatic heterocycles. The Morgan fingerprint density at radius 1 is 1.31 bits per heavy atom. The third kappa shape index (κ3) is 3.08. The number of halogens is 1. The van der Waals surface area contributed by atoms with Gasteiger partial charge in [0.15, 0.2) is 11.5 Å². The van der Waals surface area contributed by atoms with E-state index in [1.165, 1.54) is 11.1 Å². The van der Waals surface area contributed by atoms with Gasteiger partial charge in [-0.1, -0.05) is 17.7 Å². The first-order valence-corrected chi connectivity index (χ1v) is 10.0. The largest absolute Gasteiger partial charge is 0.503 e. The molecular formula is C21H24BrNO3. The number of anilines is 1. The number of phenolic OH excluding ortho intramolecular Hbond substituents is 1. The standard InChI is InChI=1S/C21H24BrNO3/c1-3-25-18-11-13(10-16(22)20(18)24)19-14-5-4-8-26-21(14)15-9-12(2)6-7-17(15)23-19/h6-7,9-11,14,19,21,23-24H,3-5,8H2,1-2H3/t14-,19-,21-/m0/s1. The van der Waals surface area contributed by atoms with Crippen LogP contribution in [-0.2, 0) is 4.74 Å². The highest BCUT2D eigenvalue weighted by Gasteiger charge is 2.40. The highest BCUT2D eigenvalue weighted by molar-refractivity contribution is 9.10. The van der Waals surface area contributed by atoms with Crippen molar-refractivity contribution in [3.05, 3.63) is 51.5 Å². The minimum Gasteiger partial charge on any atom is -0.503 e. The van der Waals surface area contributed by atoms with Gasteiger partial charge in [-0.2, -0.15) is 0 Å². The quantitative estimate of drug-likeness (QED) is 0.692. The SMILES string of the molecule is CCOc1cc([C@@H]2Nc3ccc(C)cc3[C@H]3OCCC[C@H]32)cc(Br)c1O. The zero-order chi connectivity index (χ0) is 18.3. The van der Waals surface area contributed by atoms with Crippen LogP contribution in [0, 0.1) is 12.8 Å². The summed E-state index contributed by atoms with van der Waals surface area (Å²) in [5.41, 5.74) is 4.74. The Hall–Kier alpha value is -1.72. The van der Waals surface area contributed by atoms with Gasteiger partial charge >= 0.3 is 0 Å². The maximum Gasteiger partial charge on any atom is 0.172 e. The van der Waals surface area contributed by atoms with Crippen LogP contribution >= 0.6 is 15.9 Å². The summed E-state index contributed by atoms with van der Waals surface area (Å²) in [4.78, 5) is 0. The molecule has 0 unspecified atom stereocenters. The van der Waals surface area contributed by atoms with E-state index in [-0.39, 0.29) is 17.9 Å². The van der Waals surface area contributed by atoms with E-state index in [0.717, 1.165) is 30.7 Å². The van der Waals surface area contributed by atoms with Crippen LogP contribution in [0.2, 0.25) is 0 Å². The molecule has 3 atom stereocenters. The molecule has 1 saturated heterocycles. The molecule has 2 N–H and O–H groups in total. The van der Waals surface area contributed by atoms with Crippen molar-refractivity contribution in [3.63, 3.8) is 0 Å². The summed E-state index contributed by atoms with van der Waals surface area (Å²) in [6.45, 7) is 5.36. The number of aryl methyl sites for hydroxylation is 1.